The maximum absolute atomic E-state index is 11.2. The number of rotatable bonds is 4. The Bertz CT molecular complexity index is 707. The zero-order chi connectivity index (χ0) is 15.2. The van der Waals surface area contributed by atoms with E-state index in [1.165, 1.54) is 6.92 Å². The van der Waals surface area contributed by atoms with Crippen LogP contribution in [0.4, 0.5) is 11.4 Å². The summed E-state index contributed by atoms with van der Waals surface area (Å²) in [7, 11) is 0. The maximum Gasteiger partial charge on any atom is 0.221 e. The van der Waals surface area contributed by atoms with Crippen LogP contribution in [0.3, 0.4) is 0 Å². The fourth-order valence-electron chi connectivity index (χ4n) is 1.94. The number of anilines is 2. The SMILES string of the molecule is CC(=O)Nc1cc(Cl)ccc1NCc1ccccc1C#N. The first-order valence-electron chi connectivity index (χ1n) is 6.39. The zero-order valence-corrected chi connectivity index (χ0v) is 12.2. The molecule has 0 radical (unpaired) electrons. The Labute approximate surface area is 128 Å². The molecule has 2 aromatic rings. The summed E-state index contributed by atoms with van der Waals surface area (Å²) in [6.45, 7) is 1.92. The number of halogens is 1. The van der Waals surface area contributed by atoms with Crippen LogP contribution in [0.5, 0.6) is 0 Å². The van der Waals surface area contributed by atoms with E-state index in [2.05, 4.69) is 16.7 Å². The lowest BCUT2D eigenvalue weighted by molar-refractivity contribution is -0.114. The first-order valence-corrected chi connectivity index (χ1v) is 6.77. The Morgan fingerprint density at radius 2 is 2.00 bits per heavy atom. The molecule has 0 aromatic heterocycles. The molecule has 0 atom stereocenters. The van der Waals surface area contributed by atoms with Gasteiger partial charge in [-0.25, -0.2) is 0 Å². The van der Waals surface area contributed by atoms with Crippen molar-refractivity contribution in [2.75, 3.05) is 10.6 Å². The molecule has 2 rings (SSSR count). The van der Waals surface area contributed by atoms with Crippen LogP contribution < -0.4 is 10.6 Å². The lowest BCUT2D eigenvalue weighted by atomic mass is 10.1. The van der Waals surface area contributed by atoms with Gasteiger partial charge in [0.25, 0.3) is 0 Å². The Kier molecular flexibility index (Phi) is 4.81. The van der Waals surface area contributed by atoms with Crippen LogP contribution in [-0.4, -0.2) is 5.91 Å². The molecule has 0 aliphatic carbocycles. The van der Waals surface area contributed by atoms with Gasteiger partial charge in [0.2, 0.25) is 5.91 Å². The Morgan fingerprint density at radius 1 is 1.24 bits per heavy atom. The van der Waals surface area contributed by atoms with E-state index in [4.69, 9.17) is 16.9 Å². The molecule has 4 nitrogen and oxygen atoms in total. The van der Waals surface area contributed by atoms with Crippen molar-refractivity contribution >= 4 is 28.9 Å². The standard InChI is InChI=1S/C16H14ClN3O/c1-11(21)20-16-8-14(17)6-7-15(16)19-10-13-5-3-2-4-12(13)9-18/h2-8,19H,10H2,1H3,(H,20,21). The second kappa shape index (κ2) is 6.78. The fourth-order valence-corrected chi connectivity index (χ4v) is 2.11. The number of nitrogens with zero attached hydrogens (tertiary/aromatic N) is 1. The topological polar surface area (TPSA) is 64.9 Å². The summed E-state index contributed by atoms with van der Waals surface area (Å²) in [5.74, 6) is -0.169. The summed E-state index contributed by atoms with van der Waals surface area (Å²) in [4.78, 5) is 11.2. The van der Waals surface area contributed by atoms with Crippen LogP contribution in [-0.2, 0) is 11.3 Å². The summed E-state index contributed by atoms with van der Waals surface area (Å²) in [5.41, 5.74) is 2.88. The molecule has 0 saturated heterocycles. The predicted molar refractivity (Wildman–Crippen MR) is 84.2 cm³/mol. The van der Waals surface area contributed by atoms with Gasteiger partial charge in [0.05, 0.1) is 23.0 Å². The van der Waals surface area contributed by atoms with Crippen LogP contribution in [0.2, 0.25) is 5.02 Å². The molecule has 0 aliphatic heterocycles. The molecule has 0 unspecified atom stereocenters. The minimum Gasteiger partial charge on any atom is -0.379 e. The molecule has 1 amide bonds. The van der Waals surface area contributed by atoms with Gasteiger partial charge in [-0.2, -0.15) is 5.26 Å². The van der Waals surface area contributed by atoms with Gasteiger partial charge in [0.15, 0.2) is 0 Å². The van der Waals surface area contributed by atoms with E-state index >= 15 is 0 Å². The summed E-state index contributed by atoms with van der Waals surface area (Å²) in [6.07, 6.45) is 0. The molecule has 5 heteroatoms. The molecule has 0 fully saturated rings. The van der Waals surface area contributed by atoms with Crippen molar-refractivity contribution in [1.82, 2.24) is 0 Å². The van der Waals surface area contributed by atoms with Crippen LogP contribution in [0, 0.1) is 11.3 Å². The number of carbonyl (C=O) groups is 1. The highest BCUT2D eigenvalue weighted by atomic mass is 35.5. The van der Waals surface area contributed by atoms with Gasteiger partial charge in [0, 0.05) is 18.5 Å². The number of nitrogens with one attached hydrogen (secondary N) is 2. The molecule has 106 valence electrons. The van der Waals surface area contributed by atoms with Crippen molar-refractivity contribution in [3.05, 3.63) is 58.6 Å². The van der Waals surface area contributed by atoms with Crippen molar-refractivity contribution in [2.45, 2.75) is 13.5 Å². The second-order valence-electron chi connectivity index (χ2n) is 4.49. The lowest BCUT2D eigenvalue weighted by Gasteiger charge is -2.13. The van der Waals surface area contributed by atoms with Crippen LogP contribution in [0.1, 0.15) is 18.1 Å². The largest absolute Gasteiger partial charge is 0.379 e. The van der Waals surface area contributed by atoms with Crippen LogP contribution >= 0.6 is 11.6 Å². The van der Waals surface area contributed by atoms with Gasteiger partial charge < -0.3 is 10.6 Å². The highest BCUT2D eigenvalue weighted by molar-refractivity contribution is 6.31. The van der Waals surface area contributed by atoms with Gasteiger partial charge in [-0.3, -0.25) is 4.79 Å². The van der Waals surface area contributed by atoms with Crippen molar-refractivity contribution < 1.29 is 4.79 Å². The van der Waals surface area contributed by atoms with Crippen molar-refractivity contribution in [1.29, 1.82) is 5.26 Å². The van der Waals surface area contributed by atoms with Gasteiger partial charge in [-0.1, -0.05) is 29.8 Å². The molecule has 21 heavy (non-hydrogen) atoms. The van der Waals surface area contributed by atoms with Crippen LogP contribution in [0.25, 0.3) is 0 Å². The van der Waals surface area contributed by atoms with Crippen molar-refractivity contribution in [2.24, 2.45) is 0 Å². The van der Waals surface area contributed by atoms with E-state index in [0.29, 0.717) is 22.8 Å². The number of carbonyl (C=O) groups excluding carboxylic acids is 1. The van der Waals surface area contributed by atoms with Gasteiger partial charge in [-0.15, -0.1) is 0 Å². The Balaban J connectivity index is 2.20. The van der Waals surface area contributed by atoms with E-state index in [0.717, 1.165) is 11.3 Å². The van der Waals surface area contributed by atoms with E-state index in [9.17, 15) is 4.79 Å². The number of amides is 1. The predicted octanol–water partition coefficient (Wildman–Crippen LogP) is 3.78. The first kappa shape index (κ1) is 14.9. The molecule has 0 aliphatic rings. The molecule has 2 N–H and O–H groups in total. The van der Waals surface area contributed by atoms with E-state index in [1.807, 2.05) is 18.2 Å². The van der Waals surface area contributed by atoms with E-state index in [1.54, 1.807) is 24.3 Å². The third-order valence-electron chi connectivity index (χ3n) is 2.90. The highest BCUT2D eigenvalue weighted by Gasteiger charge is 2.06. The molecular formula is C16H14ClN3O. The smallest absolute Gasteiger partial charge is 0.221 e. The molecule has 2 aromatic carbocycles. The average Bonchev–Trinajstić information content (AvgIpc) is 2.46. The first-order chi connectivity index (χ1) is 10.1. The summed E-state index contributed by atoms with van der Waals surface area (Å²) >= 11 is 5.94. The molecule has 0 spiro atoms. The third-order valence-corrected chi connectivity index (χ3v) is 3.13. The van der Waals surface area contributed by atoms with Gasteiger partial charge in [0.1, 0.15) is 0 Å². The van der Waals surface area contributed by atoms with Crippen molar-refractivity contribution in [3.63, 3.8) is 0 Å². The Morgan fingerprint density at radius 3 is 2.71 bits per heavy atom. The molecular weight excluding hydrogens is 286 g/mol. The highest BCUT2D eigenvalue weighted by Crippen LogP contribution is 2.26. The quantitative estimate of drug-likeness (QED) is 0.903. The number of hydrogen-bond donors (Lipinski definition) is 2. The normalized spacial score (nSPS) is 9.76. The van der Waals surface area contributed by atoms with Gasteiger partial charge >= 0.3 is 0 Å². The minimum atomic E-state index is -0.169. The molecule has 0 bridgehead atoms. The number of nitriles is 1. The van der Waals surface area contributed by atoms with E-state index < -0.39 is 0 Å². The summed E-state index contributed by atoms with van der Waals surface area (Å²) in [5, 5.41) is 15.6. The fraction of sp³-hybridized carbons (Fsp3) is 0.125. The lowest BCUT2D eigenvalue weighted by Crippen LogP contribution is -2.09. The average molecular weight is 300 g/mol. The van der Waals surface area contributed by atoms with Gasteiger partial charge in [-0.05, 0) is 29.8 Å². The minimum absolute atomic E-state index is 0.169. The zero-order valence-electron chi connectivity index (χ0n) is 11.5. The van der Waals surface area contributed by atoms with E-state index in [-0.39, 0.29) is 5.91 Å². The maximum atomic E-state index is 11.2. The molecule has 0 heterocycles. The van der Waals surface area contributed by atoms with Crippen LogP contribution in [0.15, 0.2) is 42.5 Å². The molecule has 0 saturated carbocycles. The number of benzene rings is 2. The number of hydrogen-bond acceptors (Lipinski definition) is 3. The summed E-state index contributed by atoms with van der Waals surface area (Å²) in [6, 6.07) is 14.7. The third kappa shape index (κ3) is 3.98. The monoisotopic (exact) mass is 299 g/mol. The van der Waals surface area contributed by atoms with Crippen molar-refractivity contribution in [3.8, 4) is 6.07 Å². The summed E-state index contributed by atoms with van der Waals surface area (Å²) < 4.78 is 0. The Hall–Kier alpha value is -2.51. The second-order valence-corrected chi connectivity index (χ2v) is 4.93.